The Labute approximate surface area is 93.2 Å². The van der Waals surface area contributed by atoms with Crippen LogP contribution in [0, 0.1) is 0 Å². The maximum absolute atomic E-state index is 8.80. The predicted octanol–water partition coefficient (Wildman–Crippen LogP) is 2.22. The molecule has 1 aromatic carbocycles. The molecule has 2 N–H and O–H groups in total. The largest absolute Gasteiger partial charge is 0.458 e. The van der Waals surface area contributed by atoms with Gasteiger partial charge in [0, 0.05) is 0 Å². The van der Waals surface area contributed by atoms with Crippen LogP contribution in [0.3, 0.4) is 0 Å². The van der Waals surface area contributed by atoms with Gasteiger partial charge in [-0.15, -0.1) is 0 Å². The molecule has 0 spiro atoms. The maximum Gasteiger partial charge on any atom is 0.147 e. The topological polar surface area (TPSA) is 57.8 Å². The third-order valence-corrected chi connectivity index (χ3v) is 2.00. The van der Waals surface area contributed by atoms with Crippen molar-refractivity contribution in [2.24, 2.45) is 5.10 Å². The molecule has 1 aromatic heterocycles. The molecule has 0 bridgehead atoms. The van der Waals surface area contributed by atoms with Gasteiger partial charge in [0.15, 0.2) is 0 Å². The van der Waals surface area contributed by atoms with Crippen molar-refractivity contribution < 1.29 is 9.52 Å². The molecular formula is C12H12N2O2. The fourth-order valence-electron chi connectivity index (χ4n) is 1.23. The summed E-state index contributed by atoms with van der Waals surface area (Å²) in [4.78, 5) is 0. The van der Waals surface area contributed by atoms with Gasteiger partial charge in [0.05, 0.1) is 11.9 Å². The quantitative estimate of drug-likeness (QED) is 0.608. The van der Waals surface area contributed by atoms with Crippen molar-refractivity contribution in [2.45, 2.75) is 6.61 Å². The first-order chi connectivity index (χ1) is 7.88. The minimum atomic E-state index is -0.0973. The molecular weight excluding hydrogens is 204 g/mol. The lowest BCUT2D eigenvalue weighted by molar-refractivity contribution is 0.247. The van der Waals surface area contributed by atoms with Gasteiger partial charge in [-0.3, -0.25) is 5.43 Å². The number of nitrogens with zero attached hydrogens (tertiary/aromatic N) is 1. The molecule has 0 unspecified atom stereocenters. The zero-order valence-electron chi connectivity index (χ0n) is 8.63. The second-order valence-electron chi connectivity index (χ2n) is 3.20. The number of furan rings is 1. The van der Waals surface area contributed by atoms with Gasteiger partial charge in [-0.05, 0) is 24.3 Å². The Morgan fingerprint density at radius 1 is 1.19 bits per heavy atom. The zero-order chi connectivity index (χ0) is 11.2. The molecule has 1 heterocycles. The second kappa shape index (κ2) is 5.14. The number of aliphatic hydroxyl groups excluding tert-OH is 1. The second-order valence-corrected chi connectivity index (χ2v) is 3.20. The molecule has 16 heavy (non-hydrogen) atoms. The normalized spacial score (nSPS) is 10.8. The van der Waals surface area contributed by atoms with E-state index in [0.29, 0.717) is 11.5 Å². The Kier molecular flexibility index (Phi) is 3.35. The van der Waals surface area contributed by atoms with E-state index in [9.17, 15) is 0 Å². The Bertz CT molecular complexity index is 463. The highest BCUT2D eigenvalue weighted by molar-refractivity contribution is 5.76. The summed E-state index contributed by atoms with van der Waals surface area (Å²) in [7, 11) is 0. The van der Waals surface area contributed by atoms with Crippen molar-refractivity contribution in [1.29, 1.82) is 0 Å². The first kappa shape index (κ1) is 10.4. The van der Waals surface area contributed by atoms with Gasteiger partial charge in [-0.2, -0.15) is 5.10 Å². The zero-order valence-corrected chi connectivity index (χ0v) is 8.63. The molecule has 0 amide bonds. The molecule has 2 rings (SSSR count). The number of hydrazone groups is 1. The van der Waals surface area contributed by atoms with E-state index in [4.69, 9.17) is 9.52 Å². The summed E-state index contributed by atoms with van der Waals surface area (Å²) in [5.41, 5.74) is 3.78. The first-order valence-corrected chi connectivity index (χ1v) is 4.92. The van der Waals surface area contributed by atoms with E-state index < -0.39 is 0 Å². The molecule has 0 aliphatic carbocycles. The van der Waals surface area contributed by atoms with Crippen LogP contribution in [-0.4, -0.2) is 11.3 Å². The van der Waals surface area contributed by atoms with Crippen molar-refractivity contribution in [3.8, 4) is 0 Å². The van der Waals surface area contributed by atoms with Crippen molar-refractivity contribution in [2.75, 3.05) is 5.43 Å². The van der Waals surface area contributed by atoms with Crippen LogP contribution < -0.4 is 5.43 Å². The molecule has 82 valence electrons. The SMILES string of the molecule is OCc1ccc(C=NNc2ccccc2)o1. The van der Waals surface area contributed by atoms with Gasteiger partial charge in [0.25, 0.3) is 0 Å². The standard InChI is InChI=1S/C12H12N2O2/c15-9-12-7-6-11(16-12)8-13-14-10-4-2-1-3-5-10/h1-8,14-15H,9H2. The first-order valence-electron chi connectivity index (χ1n) is 4.92. The van der Waals surface area contributed by atoms with E-state index >= 15 is 0 Å². The number of para-hydroxylation sites is 1. The lowest BCUT2D eigenvalue weighted by Crippen LogP contribution is -1.88. The summed E-state index contributed by atoms with van der Waals surface area (Å²) >= 11 is 0. The van der Waals surface area contributed by atoms with Gasteiger partial charge < -0.3 is 9.52 Å². The smallest absolute Gasteiger partial charge is 0.147 e. The van der Waals surface area contributed by atoms with Crippen LogP contribution in [0.1, 0.15) is 11.5 Å². The van der Waals surface area contributed by atoms with Crippen LogP contribution >= 0.6 is 0 Å². The van der Waals surface area contributed by atoms with Crippen molar-refractivity contribution in [3.05, 3.63) is 54.0 Å². The van der Waals surface area contributed by atoms with E-state index in [-0.39, 0.29) is 6.61 Å². The Hall–Kier alpha value is -2.07. The highest BCUT2D eigenvalue weighted by Crippen LogP contribution is 2.07. The predicted molar refractivity (Wildman–Crippen MR) is 62.3 cm³/mol. The molecule has 0 fully saturated rings. The lowest BCUT2D eigenvalue weighted by Gasteiger charge is -1.96. The van der Waals surface area contributed by atoms with Crippen LogP contribution in [-0.2, 0) is 6.61 Å². The molecule has 2 aromatic rings. The molecule has 0 aliphatic heterocycles. The fourth-order valence-corrected chi connectivity index (χ4v) is 1.23. The summed E-state index contributed by atoms with van der Waals surface area (Å²) in [6.45, 7) is -0.0973. The third kappa shape index (κ3) is 2.71. The third-order valence-electron chi connectivity index (χ3n) is 2.00. The Balaban J connectivity index is 1.95. The average molecular weight is 216 g/mol. The molecule has 0 radical (unpaired) electrons. The van der Waals surface area contributed by atoms with Crippen LogP contribution in [0.15, 0.2) is 52.0 Å². The number of benzene rings is 1. The lowest BCUT2D eigenvalue weighted by atomic mass is 10.3. The molecule has 0 atom stereocenters. The van der Waals surface area contributed by atoms with Gasteiger partial charge in [-0.1, -0.05) is 18.2 Å². The van der Waals surface area contributed by atoms with Crippen LogP contribution in [0.5, 0.6) is 0 Å². The fraction of sp³-hybridized carbons (Fsp3) is 0.0833. The van der Waals surface area contributed by atoms with Crippen molar-refractivity contribution >= 4 is 11.9 Å². The summed E-state index contributed by atoms with van der Waals surface area (Å²) in [6, 6.07) is 13.1. The number of hydrogen-bond donors (Lipinski definition) is 2. The van der Waals surface area contributed by atoms with Gasteiger partial charge in [0.2, 0.25) is 0 Å². The molecule has 0 saturated carbocycles. The monoisotopic (exact) mass is 216 g/mol. The van der Waals surface area contributed by atoms with E-state index in [1.807, 2.05) is 30.3 Å². The molecule has 4 heteroatoms. The van der Waals surface area contributed by atoms with Crippen LogP contribution in [0.2, 0.25) is 0 Å². The Morgan fingerprint density at radius 2 is 2.00 bits per heavy atom. The van der Waals surface area contributed by atoms with Gasteiger partial charge in [-0.25, -0.2) is 0 Å². The van der Waals surface area contributed by atoms with E-state index in [1.165, 1.54) is 0 Å². The highest BCUT2D eigenvalue weighted by atomic mass is 16.4. The summed E-state index contributed by atoms with van der Waals surface area (Å²) in [5.74, 6) is 1.13. The van der Waals surface area contributed by atoms with Crippen molar-refractivity contribution in [3.63, 3.8) is 0 Å². The van der Waals surface area contributed by atoms with Crippen molar-refractivity contribution in [1.82, 2.24) is 0 Å². The number of hydrogen-bond acceptors (Lipinski definition) is 4. The summed E-state index contributed by atoms with van der Waals surface area (Å²) < 4.78 is 5.23. The Morgan fingerprint density at radius 3 is 2.69 bits per heavy atom. The number of rotatable bonds is 4. The maximum atomic E-state index is 8.80. The molecule has 0 aliphatic rings. The summed E-state index contributed by atoms with van der Waals surface area (Å²) in [5, 5.41) is 12.8. The average Bonchev–Trinajstić information content (AvgIpc) is 2.78. The van der Waals surface area contributed by atoms with Gasteiger partial charge in [0.1, 0.15) is 18.1 Å². The van der Waals surface area contributed by atoms with E-state index in [2.05, 4.69) is 10.5 Å². The minimum absolute atomic E-state index is 0.0973. The summed E-state index contributed by atoms with van der Waals surface area (Å²) in [6.07, 6.45) is 1.56. The minimum Gasteiger partial charge on any atom is -0.458 e. The highest BCUT2D eigenvalue weighted by Gasteiger charge is 1.96. The van der Waals surface area contributed by atoms with E-state index in [0.717, 1.165) is 5.69 Å². The van der Waals surface area contributed by atoms with Crippen LogP contribution in [0.4, 0.5) is 5.69 Å². The van der Waals surface area contributed by atoms with E-state index in [1.54, 1.807) is 18.3 Å². The number of aliphatic hydroxyl groups is 1. The molecule has 0 saturated heterocycles. The van der Waals surface area contributed by atoms with Gasteiger partial charge >= 0.3 is 0 Å². The molecule has 4 nitrogen and oxygen atoms in total. The number of anilines is 1. The van der Waals surface area contributed by atoms with Crippen LogP contribution in [0.25, 0.3) is 0 Å². The number of nitrogens with one attached hydrogen (secondary N) is 1.